The van der Waals surface area contributed by atoms with Gasteiger partial charge in [0.2, 0.25) is 12.7 Å². The van der Waals surface area contributed by atoms with Crippen molar-refractivity contribution in [2.24, 2.45) is 0 Å². The van der Waals surface area contributed by atoms with Crippen LogP contribution >= 0.6 is 0 Å². The molecule has 3 heterocycles. The summed E-state index contributed by atoms with van der Waals surface area (Å²) >= 11 is 0. The molecule has 0 bridgehead atoms. The van der Waals surface area contributed by atoms with Gasteiger partial charge in [0.15, 0.2) is 23.1 Å². The highest BCUT2D eigenvalue weighted by atomic mass is 19.2. The highest BCUT2D eigenvalue weighted by Crippen LogP contribution is 2.35. The fraction of sp³-hybridized carbons (Fsp3) is 0.0952. The van der Waals surface area contributed by atoms with Gasteiger partial charge < -0.3 is 19.4 Å². The number of amides is 1. The SMILES string of the molecule is O=C(Cn1ccn2nc(-c3ccc4c(c3)OCO4)cc2c1=O)Nc1ccc(F)c(F)c1. The molecule has 0 fully saturated rings. The van der Waals surface area contributed by atoms with Gasteiger partial charge in [0, 0.05) is 29.7 Å². The molecule has 0 saturated carbocycles. The lowest BCUT2D eigenvalue weighted by Crippen LogP contribution is -2.28. The standard InChI is InChI=1S/C21H14F2N4O4/c22-14-3-2-13(8-15(14)23)24-20(28)10-26-5-6-27-17(21(26)29)9-16(25-27)12-1-4-18-19(7-12)31-11-30-18/h1-9H,10-11H2,(H,24,28). The van der Waals surface area contributed by atoms with Gasteiger partial charge >= 0.3 is 0 Å². The summed E-state index contributed by atoms with van der Waals surface area (Å²) in [7, 11) is 0. The molecule has 156 valence electrons. The zero-order valence-electron chi connectivity index (χ0n) is 15.8. The Labute approximate surface area is 173 Å². The topological polar surface area (TPSA) is 86.9 Å². The number of aromatic nitrogens is 3. The smallest absolute Gasteiger partial charge is 0.277 e. The molecule has 4 aromatic rings. The van der Waals surface area contributed by atoms with Crippen LogP contribution in [0.1, 0.15) is 0 Å². The summed E-state index contributed by atoms with van der Waals surface area (Å²) in [6.45, 7) is -0.153. The average molecular weight is 424 g/mol. The van der Waals surface area contributed by atoms with Crippen molar-refractivity contribution in [3.63, 3.8) is 0 Å². The number of hydrogen-bond donors (Lipinski definition) is 1. The number of nitrogens with one attached hydrogen (secondary N) is 1. The summed E-state index contributed by atoms with van der Waals surface area (Å²) in [5, 5.41) is 6.84. The molecule has 0 radical (unpaired) electrons. The van der Waals surface area contributed by atoms with Crippen LogP contribution in [0.3, 0.4) is 0 Å². The van der Waals surface area contributed by atoms with E-state index in [9.17, 15) is 18.4 Å². The number of nitrogens with zero attached hydrogens (tertiary/aromatic N) is 3. The second kappa shape index (κ2) is 7.24. The summed E-state index contributed by atoms with van der Waals surface area (Å²) in [5.74, 6) is -1.42. The molecule has 0 saturated heterocycles. The van der Waals surface area contributed by atoms with Crippen molar-refractivity contribution < 1.29 is 23.0 Å². The van der Waals surface area contributed by atoms with E-state index in [1.54, 1.807) is 24.4 Å². The fourth-order valence-electron chi connectivity index (χ4n) is 3.28. The lowest BCUT2D eigenvalue weighted by molar-refractivity contribution is -0.116. The van der Waals surface area contributed by atoms with Crippen molar-refractivity contribution in [3.05, 3.63) is 76.8 Å². The summed E-state index contributed by atoms with van der Waals surface area (Å²) in [6.07, 6.45) is 2.98. The number of benzene rings is 2. The van der Waals surface area contributed by atoms with Crippen molar-refractivity contribution in [1.29, 1.82) is 0 Å². The van der Waals surface area contributed by atoms with E-state index in [4.69, 9.17) is 9.47 Å². The quantitative estimate of drug-likeness (QED) is 0.545. The van der Waals surface area contributed by atoms with Crippen LogP contribution in [0.4, 0.5) is 14.5 Å². The Bertz CT molecular complexity index is 1400. The number of halogens is 2. The molecule has 31 heavy (non-hydrogen) atoms. The fourth-order valence-corrected chi connectivity index (χ4v) is 3.28. The highest BCUT2D eigenvalue weighted by Gasteiger charge is 2.16. The minimum Gasteiger partial charge on any atom is -0.454 e. The van der Waals surface area contributed by atoms with Crippen molar-refractivity contribution >= 4 is 17.1 Å². The predicted octanol–water partition coefficient (Wildman–Crippen LogP) is 2.81. The Morgan fingerprint density at radius 3 is 2.71 bits per heavy atom. The maximum Gasteiger partial charge on any atom is 0.277 e. The summed E-state index contributed by atoms with van der Waals surface area (Å²) in [4.78, 5) is 25.1. The minimum atomic E-state index is -1.08. The van der Waals surface area contributed by atoms with E-state index < -0.39 is 23.1 Å². The molecule has 0 atom stereocenters. The van der Waals surface area contributed by atoms with Gasteiger partial charge in [0.25, 0.3) is 5.56 Å². The van der Waals surface area contributed by atoms with Crippen LogP contribution in [0.5, 0.6) is 11.5 Å². The zero-order chi connectivity index (χ0) is 21.5. The second-order valence-electron chi connectivity index (χ2n) is 6.84. The summed E-state index contributed by atoms with van der Waals surface area (Å²) < 4.78 is 39.6. The first-order chi connectivity index (χ1) is 15.0. The Hall–Kier alpha value is -4.21. The molecule has 8 nitrogen and oxygen atoms in total. The number of fused-ring (bicyclic) bond motifs is 2. The van der Waals surface area contributed by atoms with Crippen LogP contribution in [0.2, 0.25) is 0 Å². The average Bonchev–Trinajstić information content (AvgIpc) is 3.39. The third kappa shape index (κ3) is 3.48. The molecule has 1 aliphatic heterocycles. The number of ether oxygens (including phenoxy) is 2. The molecule has 2 aromatic heterocycles. The Kier molecular flexibility index (Phi) is 4.39. The van der Waals surface area contributed by atoms with Crippen LogP contribution in [0, 0.1) is 11.6 Å². The number of anilines is 1. The van der Waals surface area contributed by atoms with Gasteiger partial charge in [-0.1, -0.05) is 0 Å². The molecular weight excluding hydrogens is 410 g/mol. The number of carbonyl (C=O) groups is 1. The van der Waals surface area contributed by atoms with Crippen LogP contribution in [0.15, 0.2) is 59.7 Å². The van der Waals surface area contributed by atoms with E-state index in [1.807, 2.05) is 6.07 Å². The molecule has 0 unspecified atom stereocenters. The number of rotatable bonds is 4. The highest BCUT2D eigenvalue weighted by molar-refractivity contribution is 5.90. The monoisotopic (exact) mass is 424 g/mol. The van der Waals surface area contributed by atoms with Crippen LogP contribution < -0.4 is 20.3 Å². The van der Waals surface area contributed by atoms with Crippen LogP contribution in [-0.2, 0) is 11.3 Å². The van der Waals surface area contributed by atoms with Gasteiger partial charge in [-0.2, -0.15) is 5.10 Å². The van der Waals surface area contributed by atoms with E-state index in [-0.39, 0.29) is 24.5 Å². The molecule has 5 rings (SSSR count). The van der Waals surface area contributed by atoms with Gasteiger partial charge in [0.1, 0.15) is 12.1 Å². The van der Waals surface area contributed by atoms with E-state index in [2.05, 4.69) is 10.4 Å². The molecule has 0 spiro atoms. The molecule has 2 aromatic carbocycles. The van der Waals surface area contributed by atoms with Crippen molar-refractivity contribution in [2.45, 2.75) is 6.54 Å². The first-order valence-electron chi connectivity index (χ1n) is 9.22. The van der Waals surface area contributed by atoms with Crippen LogP contribution in [-0.4, -0.2) is 26.9 Å². The van der Waals surface area contributed by atoms with Crippen molar-refractivity contribution in [2.75, 3.05) is 12.1 Å². The normalized spacial score (nSPS) is 12.3. The van der Waals surface area contributed by atoms with Gasteiger partial charge in [-0.05, 0) is 36.4 Å². The zero-order valence-corrected chi connectivity index (χ0v) is 15.8. The Morgan fingerprint density at radius 2 is 1.87 bits per heavy atom. The lowest BCUT2D eigenvalue weighted by Gasteiger charge is -2.08. The second-order valence-corrected chi connectivity index (χ2v) is 6.84. The first kappa shape index (κ1) is 18.8. The summed E-state index contributed by atoms with van der Waals surface area (Å²) in [5.41, 5.74) is 1.24. The number of carbonyl (C=O) groups excluding carboxylic acids is 1. The third-order valence-electron chi connectivity index (χ3n) is 4.79. The summed E-state index contributed by atoms with van der Waals surface area (Å²) in [6, 6.07) is 9.98. The largest absolute Gasteiger partial charge is 0.454 e. The minimum absolute atomic E-state index is 0.0903. The third-order valence-corrected chi connectivity index (χ3v) is 4.79. The maximum atomic E-state index is 13.3. The predicted molar refractivity (Wildman–Crippen MR) is 106 cm³/mol. The van der Waals surface area contributed by atoms with Crippen molar-refractivity contribution in [1.82, 2.24) is 14.2 Å². The van der Waals surface area contributed by atoms with E-state index in [0.717, 1.165) is 17.7 Å². The molecular formula is C21H14F2N4O4. The van der Waals surface area contributed by atoms with Gasteiger partial charge in [0.05, 0.1) is 5.69 Å². The number of hydrogen-bond acceptors (Lipinski definition) is 5. The Balaban J connectivity index is 1.40. The lowest BCUT2D eigenvalue weighted by atomic mass is 10.1. The molecule has 1 N–H and O–H groups in total. The van der Waals surface area contributed by atoms with E-state index in [0.29, 0.717) is 17.2 Å². The van der Waals surface area contributed by atoms with Crippen LogP contribution in [0.25, 0.3) is 16.8 Å². The van der Waals surface area contributed by atoms with Gasteiger partial charge in [-0.25, -0.2) is 13.3 Å². The van der Waals surface area contributed by atoms with Gasteiger partial charge in [-0.3, -0.25) is 9.59 Å². The first-order valence-corrected chi connectivity index (χ1v) is 9.22. The van der Waals surface area contributed by atoms with E-state index >= 15 is 0 Å². The Morgan fingerprint density at radius 1 is 1.03 bits per heavy atom. The molecule has 0 aliphatic carbocycles. The van der Waals surface area contributed by atoms with Gasteiger partial charge in [-0.15, -0.1) is 0 Å². The molecule has 1 amide bonds. The molecule has 1 aliphatic rings. The van der Waals surface area contributed by atoms with Crippen molar-refractivity contribution in [3.8, 4) is 22.8 Å². The van der Waals surface area contributed by atoms with E-state index in [1.165, 1.54) is 21.3 Å². The molecule has 10 heteroatoms. The maximum absolute atomic E-state index is 13.3.